The van der Waals surface area contributed by atoms with Gasteiger partial charge in [0, 0.05) is 23.2 Å². The zero-order chi connectivity index (χ0) is 18.1. The van der Waals surface area contributed by atoms with E-state index in [1.165, 1.54) is 23.9 Å². The fourth-order valence-electron chi connectivity index (χ4n) is 2.75. The highest BCUT2D eigenvalue weighted by molar-refractivity contribution is 7.99. The first-order valence-corrected chi connectivity index (χ1v) is 9.67. The number of carbonyl (C=O) groups excluding carboxylic acids is 2. The number of carbonyl (C=O) groups is 2. The molecule has 1 fully saturated rings. The minimum absolute atomic E-state index is 0.0596. The van der Waals surface area contributed by atoms with E-state index in [0.717, 1.165) is 30.6 Å². The molecule has 0 saturated heterocycles. The van der Waals surface area contributed by atoms with Gasteiger partial charge in [-0.2, -0.15) is 0 Å². The molecule has 7 heteroatoms. The highest BCUT2D eigenvalue weighted by Crippen LogP contribution is 2.23. The largest absolute Gasteiger partial charge is 0.462 e. The molecule has 0 unspecified atom stereocenters. The molecule has 1 aromatic rings. The second kappa shape index (κ2) is 10.3. The molecule has 2 rings (SSSR count). The summed E-state index contributed by atoms with van der Waals surface area (Å²) in [6.07, 6.45) is 3.45. The zero-order valence-corrected chi connectivity index (χ0v) is 15.2. The zero-order valence-electron chi connectivity index (χ0n) is 14.4. The summed E-state index contributed by atoms with van der Waals surface area (Å²) < 4.78 is 18.3. The molecule has 0 spiro atoms. The Morgan fingerprint density at radius 3 is 2.52 bits per heavy atom. The molecule has 2 amide bonds. The summed E-state index contributed by atoms with van der Waals surface area (Å²) in [7, 11) is 0. The average molecular weight is 368 g/mol. The van der Waals surface area contributed by atoms with E-state index in [4.69, 9.17) is 4.74 Å². The third-order valence-electron chi connectivity index (χ3n) is 4.03. The molecule has 0 radical (unpaired) electrons. The predicted molar refractivity (Wildman–Crippen MR) is 96.1 cm³/mol. The van der Waals surface area contributed by atoms with Gasteiger partial charge in [-0.15, -0.1) is 11.8 Å². The van der Waals surface area contributed by atoms with Gasteiger partial charge in [0.05, 0.1) is 6.42 Å². The first kappa shape index (κ1) is 19.6. The average Bonchev–Trinajstić information content (AvgIpc) is 2.59. The lowest BCUT2D eigenvalue weighted by Gasteiger charge is -2.28. The summed E-state index contributed by atoms with van der Waals surface area (Å²) in [6, 6.07) is 6.24. The van der Waals surface area contributed by atoms with Crippen LogP contribution in [0.1, 0.15) is 39.0 Å². The van der Waals surface area contributed by atoms with Crippen molar-refractivity contribution < 1.29 is 18.7 Å². The van der Waals surface area contributed by atoms with E-state index in [1.807, 2.05) is 6.92 Å². The Labute approximate surface area is 152 Å². The minimum Gasteiger partial charge on any atom is -0.462 e. The number of hydrogen-bond acceptors (Lipinski definition) is 4. The topological polar surface area (TPSA) is 67.4 Å². The van der Waals surface area contributed by atoms with Crippen LogP contribution in [0.4, 0.5) is 9.18 Å². The number of urea groups is 1. The molecule has 138 valence electrons. The van der Waals surface area contributed by atoms with Crippen molar-refractivity contribution in [1.82, 2.24) is 10.6 Å². The second-order valence-corrected chi connectivity index (χ2v) is 7.19. The minimum atomic E-state index is -0.263. The molecule has 1 aromatic carbocycles. The molecule has 1 aliphatic carbocycles. The summed E-state index contributed by atoms with van der Waals surface area (Å²) in [5.74, 6) is 0.147. The van der Waals surface area contributed by atoms with Crippen LogP contribution < -0.4 is 10.6 Å². The van der Waals surface area contributed by atoms with Gasteiger partial charge in [-0.25, -0.2) is 9.18 Å². The van der Waals surface area contributed by atoms with Crippen LogP contribution in [-0.2, 0) is 9.53 Å². The predicted octanol–water partition coefficient (Wildman–Crippen LogP) is 3.48. The Bertz CT molecular complexity index is 560. The van der Waals surface area contributed by atoms with Gasteiger partial charge in [-0.1, -0.05) is 0 Å². The molecule has 1 aliphatic rings. The summed E-state index contributed by atoms with van der Waals surface area (Å²) in [6.45, 7) is 2.49. The van der Waals surface area contributed by atoms with Crippen molar-refractivity contribution in [2.24, 2.45) is 0 Å². The van der Waals surface area contributed by atoms with E-state index >= 15 is 0 Å². The van der Waals surface area contributed by atoms with Crippen LogP contribution >= 0.6 is 11.8 Å². The Balaban J connectivity index is 1.60. The van der Waals surface area contributed by atoms with Gasteiger partial charge in [0.1, 0.15) is 11.9 Å². The fourth-order valence-corrected chi connectivity index (χ4v) is 3.58. The van der Waals surface area contributed by atoms with Crippen molar-refractivity contribution in [2.75, 3.05) is 12.3 Å². The Morgan fingerprint density at radius 1 is 1.20 bits per heavy atom. The number of benzene rings is 1. The standard InChI is InChI=1S/C18H25FN2O3S/c1-2-20-18(23)21-14-5-7-15(8-6-14)24-17(22)11-12-25-16-9-3-13(19)4-10-16/h3-4,9-10,14-15H,2,5-8,11-12H2,1H3,(H2,20,21,23). The Morgan fingerprint density at radius 2 is 1.88 bits per heavy atom. The quantitative estimate of drug-likeness (QED) is 0.571. The van der Waals surface area contributed by atoms with E-state index in [-0.39, 0.29) is 30.0 Å². The van der Waals surface area contributed by atoms with Crippen molar-refractivity contribution in [3.05, 3.63) is 30.1 Å². The summed E-state index contributed by atoms with van der Waals surface area (Å²) in [5, 5.41) is 5.65. The van der Waals surface area contributed by atoms with Gasteiger partial charge in [0.25, 0.3) is 0 Å². The van der Waals surface area contributed by atoms with Crippen LogP contribution in [0.15, 0.2) is 29.2 Å². The normalized spacial score (nSPS) is 19.9. The SMILES string of the molecule is CCNC(=O)NC1CCC(OC(=O)CCSc2ccc(F)cc2)CC1. The maximum absolute atomic E-state index is 12.8. The number of halogens is 1. The van der Waals surface area contributed by atoms with Crippen molar-refractivity contribution in [1.29, 1.82) is 0 Å². The van der Waals surface area contributed by atoms with E-state index in [9.17, 15) is 14.0 Å². The first-order valence-electron chi connectivity index (χ1n) is 8.69. The number of amides is 2. The van der Waals surface area contributed by atoms with Gasteiger partial charge in [0.15, 0.2) is 0 Å². The smallest absolute Gasteiger partial charge is 0.314 e. The lowest BCUT2D eigenvalue weighted by atomic mass is 9.93. The molecule has 1 saturated carbocycles. The summed E-state index contributed by atoms with van der Waals surface area (Å²) >= 11 is 1.51. The van der Waals surface area contributed by atoms with Gasteiger partial charge < -0.3 is 15.4 Å². The van der Waals surface area contributed by atoms with E-state index in [0.29, 0.717) is 18.7 Å². The monoisotopic (exact) mass is 368 g/mol. The van der Waals surface area contributed by atoms with Crippen molar-refractivity contribution in [2.45, 2.75) is 56.1 Å². The van der Waals surface area contributed by atoms with Gasteiger partial charge in [0.2, 0.25) is 0 Å². The number of hydrogen-bond donors (Lipinski definition) is 2. The van der Waals surface area contributed by atoms with Crippen LogP contribution in [0.5, 0.6) is 0 Å². The molecule has 0 aliphatic heterocycles. The highest BCUT2D eigenvalue weighted by Gasteiger charge is 2.24. The van der Waals surface area contributed by atoms with E-state index < -0.39 is 0 Å². The number of esters is 1. The van der Waals surface area contributed by atoms with Crippen LogP contribution in [0.2, 0.25) is 0 Å². The Kier molecular flexibility index (Phi) is 8.04. The highest BCUT2D eigenvalue weighted by atomic mass is 32.2. The maximum Gasteiger partial charge on any atom is 0.314 e. The van der Waals surface area contributed by atoms with Crippen LogP contribution in [-0.4, -0.2) is 36.4 Å². The third kappa shape index (κ3) is 7.34. The molecule has 5 nitrogen and oxygen atoms in total. The fraction of sp³-hybridized carbons (Fsp3) is 0.556. The molecule has 0 atom stereocenters. The molecule has 0 bridgehead atoms. The van der Waals surface area contributed by atoms with E-state index in [1.54, 1.807) is 12.1 Å². The van der Waals surface area contributed by atoms with Gasteiger partial charge >= 0.3 is 12.0 Å². The molecule has 0 aromatic heterocycles. The Hall–Kier alpha value is -1.76. The molecule has 2 N–H and O–H groups in total. The van der Waals surface area contributed by atoms with Gasteiger partial charge in [-0.3, -0.25) is 4.79 Å². The number of rotatable bonds is 7. The number of ether oxygens (including phenoxy) is 1. The molecule has 0 heterocycles. The number of nitrogens with one attached hydrogen (secondary N) is 2. The van der Waals surface area contributed by atoms with Crippen LogP contribution in [0, 0.1) is 5.82 Å². The maximum atomic E-state index is 12.8. The van der Waals surface area contributed by atoms with Crippen molar-refractivity contribution in [3.8, 4) is 0 Å². The summed E-state index contributed by atoms with van der Waals surface area (Å²) in [5.41, 5.74) is 0. The lowest BCUT2D eigenvalue weighted by Crippen LogP contribution is -2.44. The summed E-state index contributed by atoms with van der Waals surface area (Å²) in [4.78, 5) is 24.4. The first-order chi connectivity index (χ1) is 12.1. The molecular weight excluding hydrogens is 343 g/mol. The van der Waals surface area contributed by atoms with Crippen LogP contribution in [0.3, 0.4) is 0 Å². The van der Waals surface area contributed by atoms with E-state index in [2.05, 4.69) is 10.6 Å². The van der Waals surface area contributed by atoms with Crippen LogP contribution in [0.25, 0.3) is 0 Å². The lowest BCUT2D eigenvalue weighted by molar-refractivity contribution is -0.150. The number of thioether (sulfide) groups is 1. The van der Waals surface area contributed by atoms with Gasteiger partial charge in [-0.05, 0) is 56.9 Å². The molecular formula is C18H25FN2O3S. The third-order valence-corrected chi connectivity index (χ3v) is 5.05. The second-order valence-electron chi connectivity index (χ2n) is 6.02. The van der Waals surface area contributed by atoms with Crippen molar-refractivity contribution in [3.63, 3.8) is 0 Å². The van der Waals surface area contributed by atoms with Crippen molar-refractivity contribution >= 4 is 23.8 Å². The molecule has 25 heavy (non-hydrogen) atoms.